The van der Waals surface area contributed by atoms with Gasteiger partial charge < -0.3 is 20.5 Å². The van der Waals surface area contributed by atoms with Crippen LogP contribution < -0.4 is 20.5 Å². The molecule has 0 saturated heterocycles. The second kappa shape index (κ2) is 6.81. The molecule has 1 unspecified atom stereocenters. The van der Waals surface area contributed by atoms with Crippen molar-refractivity contribution in [3.8, 4) is 11.5 Å². The molecule has 1 aliphatic heterocycles. The number of halogens is 1. The smallest absolute Gasteiger partial charge is 0.224 e. The Bertz CT molecular complexity index is 494. The average Bonchev–Trinajstić information content (AvgIpc) is 2.46. The van der Waals surface area contributed by atoms with Crippen LogP contribution in [0.2, 0.25) is 5.02 Å². The van der Waals surface area contributed by atoms with E-state index in [0.717, 1.165) is 5.56 Å². The summed E-state index contributed by atoms with van der Waals surface area (Å²) >= 11 is 6.15. The maximum absolute atomic E-state index is 11.6. The lowest BCUT2D eigenvalue weighted by molar-refractivity contribution is -0.124. The van der Waals surface area contributed by atoms with E-state index in [4.69, 9.17) is 26.8 Å². The van der Waals surface area contributed by atoms with Crippen LogP contribution in [-0.4, -0.2) is 32.2 Å². The predicted octanol–water partition coefficient (Wildman–Crippen LogP) is 1.36. The van der Waals surface area contributed by atoms with Gasteiger partial charge >= 0.3 is 0 Å². The molecule has 0 aromatic heterocycles. The Morgan fingerprint density at radius 2 is 2.20 bits per heavy atom. The number of carbonyl (C=O) groups is 1. The zero-order chi connectivity index (χ0) is 14.5. The van der Waals surface area contributed by atoms with E-state index in [0.29, 0.717) is 49.2 Å². The standard InChI is InChI=1S/C14H19ClN2O3/c1-9(8-16)14(18)17-3-2-10-6-11(15)13-12(7-10)19-4-5-20-13/h6-7,9H,2-5,8,16H2,1H3,(H,17,18). The molecule has 1 amide bonds. The Morgan fingerprint density at radius 3 is 2.95 bits per heavy atom. The molecule has 6 heteroatoms. The highest BCUT2D eigenvalue weighted by molar-refractivity contribution is 6.32. The Labute approximate surface area is 123 Å². The number of hydrogen-bond acceptors (Lipinski definition) is 4. The van der Waals surface area contributed by atoms with E-state index in [1.165, 1.54) is 0 Å². The SMILES string of the molecule is CC(CN)C(=O)NCCc1cc(Cl)c2c(c1)OCCO2. The molecule has 2 rings (SSSR count). The maximum atomic E-state index is 11.6. The number of benzene rings is 1. The summed E-state index contributed by atoms with van der Waals surface area (Å²) in [5.41, 5.74) is 6.44. The minimum absolute atomic E-state index is 0.0314. The van der Waals surface area contributed by atoms with Crippen LogP contribution in [0.25, 0.3) is 0 Å². The van der Waals surface area contributed by atoms with Crippen LogP contribution in [-0.2, 0) is 11.2 Å². The van der Waals surface area contributed by atoms with Crippen LogP contribution in [0.3, 0.4) is 0 Å². The third kappa shape index (κ3) is 3.55. The summed E-state index contributed by atoms with van der Waals surface area (Å²) in [5.74, 6) is 1.07. The molecule has 0 spiro atoms. The van der Waals surface area contributed by atoms with Gasteiger partial charge in [0.15, 0.2) is 11.5 Å². The third-order valence-corrected chi connectivity index (χ3v) is 3.45. The monoisotopic (exact) mass is 298 g/mol. The Hall–Kier alpha value is -1.46. The number of fused-ring (bicyclic) bond motifs is 1. The summed E-state index contributed by atoms with van der Waals surface area (Å²) in [4.78, 5) is 11.6. The van der Waals surface area contributed by atoms with Crippen molar-refractivity contribution in [2.75, 3.05) is 26.3 Å². The van der Waals surface area contributed by atoms with Gasteiger partial charge in [0.2, 0.25) is 5.91 Å². The largest absolute Gasteiger partial charge is 0.486 e. The minimum Gasteiger partial charge on any atom is -0.486 e. The molecule has 0 aliphatic carbocycles. The Morgan fingerprint density at radius 1 is 1.45 bits per heavy atom. The van der Waals surface area contributed by atoms with Crippen molar-refractivity contribution in [3.05, 3.63) is 22.7 Å². The summed E-state index contributed by atoms with van der Waals surface area (Å²) in [6, 6.07) is 3.74. The minimum atomic E-state index is -0.168. The fourth-order valence-corrected chi connectivity index (χ4v) is 2.21. The number of nitrogens with two attached hydrogens (primary N) is 1. The zero-order valence-electron chi connectivity index (χ0n) is 11.4. The zero-order valence-corrected chi connectivity index (χ0v) is 12.2. The summed E-state index contributed by atoms with van der Waals surface area (Å²) in [7, 11) is 0. The number of nitrogens with one attached hydrogen (secondary N) is 1. The van der Waals surface area contributed by atoms with E-state index in [1.54, 1.807) is 6.92 Å². The molecule has 0 radical (unpaired) electrons. The first-order valence-electron chi connectivity index (χ1n) is 6.67. The molecule has 0 saturated carbocycles. The van der Waals surface area contributed by atoms with Crippen LogP contribution in [0, 0.1) is 5.92 Å². The topological polar surface area (TPSA) is 73.6 Å². The molecule has 110 valence electrons. The van der Waals surface area contributed by atoms with Crippen LogP contribution in [0.5, 0.6) is 11.5 Å². The van der Waals surface area contributed by atoms with Crippen LogP contribution in [0.15, 0.2) is 12.1 Å². The normalized spacial score (nSPS) is 14.8. The fraction of sp³-hybridized carbons (Fsp3) is 0.500. The molecular weight excluding hydrogens is 280 g/mol. The lowest BCUT2D eigenvalue weighted by atomic mass is 10.1. The number of ether oxygens (including phenoxy) is 2. The van der Waals surface area contributed by atoms with Gasteiger partial charge in [-0.05, 0) is 24.1 Å². The van der Waals surface area contributed by atoms with Crippen LogP contribution >= 0.6 is 11.6 Å². The van der Waals surface area contributed by atoms with Crippen molar-refractivity contribution < 1.29 is 14.3 Å². The molecule has 3 N–H and O–H groups in total. The summed E-state index contributed by atoms with van der Waals surface area (Å²) in [6.45, 7) is 3.73. The van der Waals surface area contributed by atoms with Crippen LogP contribution in [0.1, 0.15) is 12.5 Å². The lowest BCUT2D eigenvalue weighted by Crippen LogP contribution is -2.34. The van der Waals surface area contributed by atoms with Crippen molar-refractivity contribution in [1.29, 1.82) is 0 Å². The lowest BCUT2D eigenvalue weighted by Gasteiger charge is -2.20. The van der Waals surface area contributed by atoms with Gasteiger partial charge in [-0.15, -0.1) is 0 Å². The quantitative estimate of drug-likeness (QED) is 0.861. The highest BCUT2D eigenvalue weighted by atomic mass is 35.5. The number of rotatable bonds is 5. The van der Waals surface area contributed by atoms with Gasteiger partial charge in [0, 0.05) is 19.0 Å². The molecule has 1 aromatic carbocycles. The third-order valence-electron chi connectivity index (χ3n) is 3.17. The number of carbonyl (C=O) groups excluding carboxylic acids is 1. The van der Waals surface area contributed by atoms with Gasteiger partial charge in [-0.1, -0.05) is 18.5 Å². The molecule has 1 atom stereocenters. The van der Waals surface area contributed by atoms with Gasteiger partial charge in [-0.3, -0.25) is 4.79 Å². The molecule has 20 heavy (non-hydrogen) atoms. The second-order valence-electron chi connectivity index (χ2n) is 4.78. The number of hydrogen-bond donors (Lipinski definition) is 2. The summed E-state index contributed by atoms with van der Waals surface area (Å²) < 4.78 is 11.0. The highest BCUT2D eigenvalue weighted by Crippen LogP contribution is 2.38. The highest BCUT2D eigenvalue weighted by Gasteiger charge is 2.16. The van der Waals surface area contributed by atoms with Crippen molar-refractivity contribution in [2.45, 2.75) is 13.3 Å². The molecular formula is C14H19ClN2O3. The summed E-state index contributed by atoms with van der Waals surface area (Å²) in [5, 5.41) is 3.39. The van der Waals surface area contributed by atoms with Gasteiger partial charge in [-0.2, -0.15) is 0 Å². The number of amides is 1. The van der Waals surface area contributed by atoms with Crippen molar-refractivity contribution >= 4 is 17.5 Å². The van der Waals surface area contributed by atoms with E-state index in [1.807, 2.05) is 12.1 Å². The van der Waals surface area contributed by atoms with Gasteiger partial charge in [-0.25, -0.2) is 0 Å². The Kier molecular flexibility index (Phi) is 5.09. The summed E-state index contributed by atoms with van der Waals surface area (Å²) in [6.07, 6.45) is 0.680. The van der Waals surface area contributed by atoms with E-state index in [-0.39, 0.29) is 11.8 Å². The Balaban J connectivity index is 1.94. The van der Waals surface area contributed by atoms with Crippen molar-refractivity contribution in [1.82, 2.24) is 5.32 Å². The first kappa shape index (κ1) is 14.9. The molecule has 1 aromatic rings. The first-order chi connectivity index (χ1) is 9.61. The van der Waals surface area contributed by atoms with Crippen molar-refractivity contribution in [2.24, 2.45) is 11.7 Å². The van der Waals surface area contributed by atoms with Gasteiger partial charge in [0.25, 0.3) is 0 Å². The second-order valence-corrected chi connectivity index (χ2v) is 5.19. The molecule has 1 aliphatic rings. The maximum Gasteiger partial charge on any atom is 0.224 e. The van der Waals surface area contributed by atoms with E-state index >= 15 is 0 Å². The van der Waals surface area contributed by atoms with E-state index in [9.17, 15) is 4.79 Å². The van der Waals surface area contributed by atoms with Crippen molar-refractivity contribution in [3.63, 3.8) is 0 Å². The van der Waals surface area contributed by atoms with E-state index in [2.05, 4.69) is 5.32 Å². The average molecular weight is 299 g/mol. The molecule has 1 heterocycles. The first-order valence-corrected chi connectivity index (χ1v) is 7.05. The van der Waals surface area contributed by atoms with Gasteiger partial charge in [0.05, 0.1) is 5.02 Å². The predicted molar refractivity (Wildman–Crippen MR) is 77.4 cm³/mol. The fourth-order valence-electron chi connectivity index (χ4n) is 1.92. The molecule has 5 nitrogen and oxygen atoms in total. The van der Waals surface area contributed by atoms with E-state index < -0.39 is 0 Å². The van der Waals surface area contributed by atoms with Gasteiger partial charge in [0.1, 0.15) is 13.2 Å². The molecule has 0 bridgehead atoms. The molecule has 0 fully saturated rings. The van der Waals surface area contributed by atoms with Crippen LogP contribution in [0.4, 0.5) is 0 Å².